The van der Waals surface area contributed by atoms with Crippen molar-refractivity contribution >= 4 is 11.8 Å². The van der Waals surface area contributed by atoms with Crippen molar-refractivity contribution in [2.45, 2.75) is 57.5 Å². The van der Waals surface area contributed by atoms with Gasteiger partial charge in [-0.25, -0.2) is 4.39 Å². The van der Waals surface area contributed by atoms with Crippen LogP contribution in [0.25, 0.3) is 0 Å². The average molecular weight is 427 g/mol. The normalized spacial score (nSPS) is 14.8. The van der Waals surface area contributed by atoms with Crippen LogP contribution < -0.4 is 10.1 Å². The molecule has 2 amide bonds. The van der Waals surface area contributed by atoms with E-state index in [-0.39, 0.29) is 30.3 Å². The Kier molecular flexibility index (Phi) is 8.44. The minimum absolute atomic E-state index is 0.0995. The molecule has 0 heterocycles. The Morgan fingerprint density at radius 3 is 2.42 bits per heavy atom. The second-order valence-electron chi connectivity index (χ2n) is 7.98. The largest absolute Gasteiger partial charge is 0.484 e. The van der Waals surface area contributed by atoms with E-state index in [1.165, 1.54) is 24.3 Å². The Bertz CT molecular complexity index is 836. The molecule has 5 nitrogen and oxygen atoms in total. The number of benzene rings is 2. The number of amides is 2. The molecular formula is C25H31FN2O3. The van der Waals surface area contributed by atoms with Crippen LogP contribution in [0.5, 0.6) is 5.75 Å². The lowest BCUT2D eigenvalue weighted by Gasteiger charge is -2.31. The lowest BCUT2D eigenvalue weighted by Crippen LogP contribution is -2.52. The fourth-order valence-corrected chi connectivity index (χ4v) is 4.02. The number of hydrogen-bond donors (Lipinski definition) is 1. The standard InChI is InChI=1S/C25H31FN2O3/c1-2-23(25(30)27-21-10-6-7-11-21)28(17-16-19-8-4-3-5-9-19)24(29)18-31-22-14-12-20(26)13-15-22/h3-5,8-9,12-15,21,23H,2,6-7,10-11,16-18H2,1H3,(H,27,30)/t23-/m1/s1. The minimum Gasteiger partial charge on any atom is -0.484 e. The van der Waals surface area contributed by atoms with E-state index in [9.17, 15) is 14.0 Å². The van der Waals surface area contributed by atoms with E-state index < -0.39 is 6.04 Å². The molecule has 0 aliphatic heterocycles. The summed E-state index contributed by atoms with van der Waals surface area (Å²) in [6.07, 6.45) is 5.42. The summed E-state index contributed by atoms with van der Waals surface area (Å²) in [7, 11) is 0. The van der Waals surface area contributed by atoms with E-state index in [1.807, 2.05) is 37.3 Å². The van der Waals surface area contributed by atoms with Crippen molar-refractivity contribution < 1.29 is 18.7 Å². The Hall–Kier alpha value is -2.89. The highest BCUT2D eigenvalue weighted by molar-refractivity contribution is 5.88. The number of nitrogens with one attached hydrogen (secondary N) is 1. The van der Waals surface area contributed by atoms with Gasteiger partial charge in [0.1, 0.15) is 17.6 Å². The minimum atomic E-state index is -0.548. The summed E-state index contributed by atoms with van der Waals surface area (Å²) in [4.78, 5) is 27.7. The first kappa shape index (κ1) is 22.8. The maximum atomic E-state index is 13.1. The van der Waals surface area contributed by atoms with Gasteiger partial charge in [-0.1, -0.05) is 50.1 Å². The van der Waals surface area contributed by atoms with E-state index in [0.717, 1.165) is 31.2 Å². The molecule has 0 unspecified atom stereocenters. The van der Waals surface area contributed by atoms with Crippen LogP contribution in [0.1, 0.15) is 44.6 Å². The molecular weight excluding hydrogens is 395 g/mol. The van der Waals surface area contributed by atoms with Gasteiger partial charge >= 0.3 is 0 Å². The molecule has 31 heavy (non-hydrogen) atoms. The van der Waals surface area contributed by atoms with Crippen LogP contribution in [0.15, 0.2) is 54.6 Å². The zero-order valence-corrected chi connectivity index (χ0v) is 18.1. The first-order valence-electron chi connectivity index (χ1n) is 11.1. The molecule has 166 valence electrons. The average Bonchev–Trinajstić information content (AvgIpc) is 3.29. The Morgan fingerprint density at radius 2 is 1.77 bits per heavy atom. The van der Waals surface area contributed by atoms with Crippen LogP contribution in [0, 0.1) is 5.82 Å². The lowest BCUT2D eigenvalue weighted by atomic mass is 10.1. The zero-order valence-electron chi connectivity index (χ0n) is 18.1. The molecule has 1 fully saturated rings. The summed E-state index contributed by atoms with van der Waals surface area (Å²) < 4.78 is 18.7. The summed E-state index contributed by atoms with van der Waals surface area (Å²) in [6.45, 7) is 2.14. The number of rotatable bonds is 10. The third-order valence-electron chi connectivity index (χ3n) is 5.75. The first-order chi connectivity index (χ1) is 15.1. The highest BCUT2D eigenvalue weighted by Gasteiger charge is 2.30. The second kappa shape index (κ2) is 11.5. The Morgan fingerprint density at radius 1 is 1.10 bits per heavy atom. The van der Waals surface area contributed by atoms with Crippen LogP contribution >= 0.6 is 0 Å². The van der Waals surface area contributed by atoms with Crippen LogP contribution in [-0.2, 0) is 16.0 Å². The van der Waals surface area contributed by atoms with Gasteiger partial charge in [0.25, 0.3) is 5.91 Å². The number of halogens is 1. The van der Waals surface area contributed by atoms with Crippen molar-refractivity contribution in [2.24, 2.45) is 0 Å². The van der Waals surface area contributed by atoms with E-state index in [4.69, 9.17) is 4.74 Å². The summed E-state index contributed by atoms with van der Waals surface area (Å²) in [5.74, 6) is -0.301. The van der Waals surface area contributed by atoms with Gasteiger partial charge in [-0.15, -0.1) is 0 Å². The number of nitrogens with zero attached hydrogens (tertiary/aromatic N) is 1. The molecule has 3 rings (SSSR count). The fourth-order valence-electron chi connectivity index (χ4n) is 4.02. The van der Waals surface area contributed by atoms with E-state index in [0.29, 0.717) is 25.1 Å². The summed E-state index contributed by atoms with van der Waals surface area (Å²) >= 11 is 0. The SMILES string of the molecule is CC[C@H](C(=O)NC1CCCC1)N(CCc1ccccc1)C(=O)COc1ccc(F)cc1. The smallest absolute Gasteiger partial charge is 0.261 e. The van der Waals surface area contributed by atoms with Crippen LogP contribution in [-0.4, -0.2) is 41.9 Å². The van der Waals surface area contributed by atoms with E-state index >= 15 is 0 Å². The number of carbonyl (C=O) groups is 2. The van der Waals surface area contributed by atoms with Crippen LogP contribution in [0.2, 0.25) is 0 Å². The van der Waals surface area contributed by atoms with Crippen molar-refractivity contribution in [3.05, 3.63) is 66.0 Å². The molecule has 0 spiro atoms. The Labute approximate surface area is 183 Å². The number of hydrogen-bond acceptors (Lipinski definition) is 3. The fraction of sp³-hybridized carbons (Fsp3) is 0.440. The van der Waals surface area contributed by atoms with Crippen molar-refractivity contribution in [3.63, 3.8) is 0 Å². The third-order valence-corrected chi connectivity index (χ3v) is 5.75. The molecule has 6 heteroatoms. The maximum Gasteiger partial charge on any atom is 0.261 e. The predicted octanol–water partition coefficient (Wildman–Crippen LogP) is 4.11. The lowest BCUT2D eigenvalue weighted by molar-refractivity contribution is -0.142. The second-order valence-corrected chi connectivity index (χ2v) is 7.98. The molecule has 1 aliphatic rings. The van der Waals surface area contributed by atoms with Gasteiger partial charge in [0.05, 0.1) is 0 Å². The van der Waals surface area contributed by atoms with Crippen LogP contribution in [0.4, 0.5) is 4.39 Å². The molecule has 0 saturated heterocycles. The molecule has 1 aliphatic carbocycles. The number of ether oxygens (including phenoxy) is 1. The number of carbonyl (C=O) groups excluding carboxylic acids is 2. The van der Waals surface area contributed by atoms with Gasteiger partial charge in [0, 0.05) is 12.6 Å². The van der Waals surface area contributed by atoms with Gasteiger partial charge < -0.3 is 15.0 Å². The van der Waals surface area contributed by atoms with Crippen molar-refractivity contribution in [1.29, 1.82) is 0 Å². The van der Waals surface area contributed by atoms with Crippen molar-refractivity contribution in [3.8, 4) is 5.75 Å². The topological polar surface area (TPSA) is 58.6 Å². The summed E-state index contributed by atoms with van der Waals surface area (Å²) in [6, 6.07) is 15.1. The molecule has 0 aromatic heterocycles. The molecule has 2 aromatic rings. The van der Waals surface area contributed by atoms with Crippen molar-refractivity contribution in [2.75, 3.05) is 13.2 Å². The summed E-state index contributed by atoms with van der Waals surface area (Å²) in [5.41, 5.74) is 1.10. The quantitative estimate of drug-likeness (QED) is 0.622. The third kappa shape index (κ3) is 6.81. The molecule has 1 atom stereocenters. The highest BCUT2D eigenvalue weighted by Crippen LogP contribution is 2.19. The van der Waals surface area contributed by atoms with E-state index in [2.05, 4.69) is 5.32 Å². The van der Waals surface area contributed by atoms with Gasteiger partial charge in [0.15, 0.2) is 6.61 Å². The molecule has 0 radical (unpaired) electrons. The van der Waals surface area contributed by atoms with E-state index in [1.54, 1.807) is 4.90 Å². The Balaban J connectivity index is 1.68. The highest BCUT2D eigenvalue weighted by atomic mass is 19.1. The van der Waals surface area contributed by atoms with Crippen molar-refractivity contribution in [1.82, 2.24) is 10.2 Å². The van der Waals surface area contributed by atoms with Gasteiger partial charge in [0.2, 0.25) is 5.91 Å². The molecule has 1 N–H and O–H groups in total. The van der Waals surface area contributed by atoms with Gasteiger partial charge in [-0.05, 0) is 55.5 Å². The predicted molar refractivity (Wildman–Crippen MR) is 118 cm³/mol. The maximum absolute atomic E-state index is 13.1. The molecule has 1 saturated carbocycles. The first-order valence-corrected chi connectivity index (χ1v) is 11.1. The van der Waals surface area contributed by atoms with Gasteiger partial charge in [-0.3, -0.25) is 9.59 Å². The summed E-state index contributed by atoms with van der Waals surface area (Å²) in [5, 5.41) is 3.13. The zero-order chi connectivity index (χ0) is 22.1. The molecule has 2 aromatic carbocycles. The monoisotopic (exact) mass is 426 g/mol. The molecule has 0 bridgehead atoms. The van der Waals surface area contributed by atoms with Crippen LogP contribution in [0.3, 0.4) is 0 Å². The van der Waals surface area contributed by atoms with Gasteiger partial charge in [-0.2, -0.15) is 0 Å².